The summed E-state index contributed by atoms with van der Waals surface area (Å²) >= 11 is 1.12. The van der Waals surface area contributed by atoms with Gasteiger partial charge in [-0.2, -0.15) is 8.78 Å². The van der Waals surface area contributed by atoms with Gasteiger partial charge in [0.25, 0.3) is 5.69 Å². The molecule has 0 heterocycles. The van der Waals surface area contributed by atoms with Crippen molar-refractivity contribution in [3.8, 4) is 11.5 Å². The van der Waals surface area contributed by atoms with Gasteiger partial charge < -0.3 is 4.74 Å². The van der Waals surface area contributed by atoms with Crippen LogP contribution in [0.15, 0.2) is 24.3 Å². The minimum Gasteiger partial charge on any atom is -0.451 e. The van der Waals surface area contributed by atoms with Crippen LogP contribution in [0.5, 0.6) is 11.5 Å². The minimum absolute atomic E-state index is 0.210. The van der Waals surface area contributed by atoms with Gasteiger partial charge in [0.2, 0.25) is 17.4 Å². The van der Waals surface area contributed by atoms with Crippen molar-refractivity contribution in [2.45, 2.75) is 0 Å². The van der Waals surface area contributed by atoms with Crippen molar-refractivity contribution in [3.63, 3.8) is 0 Å². The Morgan fingerprint density at radius 1 is 0.952 bits per heavy atom. The molecule has 21 heavy (non-hydrogen) atoms. The molecule has 2 aromatic rings. The molecule has 0 aliphatic carbocycles. The first-order valence-corrected chi connectivity index (χ1v) is 6.34. The van der Waals surface area contributed by atoms with E-state index >= 15 is 0 Å². The minimum atomic E-state index is -1.68. The fraction of sp³-hybridized carbons (Fsp3) is 0. The summed E-state index contributed by atoms with van der Waals surface area (Å²) in [4.78, 5) is 9.76. The molecule has 110 valence electrons. The molecule has 0 aliphatic heterocycles. The predicted molar refractivity (Wildman–Crippen MR) is 72.2 cm³/mol. The molecule has 0 radical (unpaired) electrons. The summed E-state index contributed by atoms with van der Waals surface area (Å²) in [6, 6.07) is 4.13. The number of nitrogens with zero attached hydrogens (tertiary/aromatic N) is 1. The van der Waals surface area contributed by atoms with Gasteiger partial charge in [0.1, 0.15) is 5.75 Å². The van der Waals surface area contributed by atoms with Gasteiger partial charge in [-0.1, -0.05) is 0 Å². The Kier molecular flexibility index (Phi) is 4.30. The summed E-state index contributed by atoms with van der Waals surface area (Å²) in [7, 11) is 0. The highest BCUT2D eigenvalue weighted by atomic mass is 127. The van der Waals surface area contributed by atoms with Gasteiger partial charge in [-0.3, -0.25) is 10.1 Å². The van der Waals surface area contributed by atoms with E-state index in [9.17, 15) is 27.7 Å². The third kappa shape index (κ3) is 2.91. The summed E-state index contributed by atoms with van der Waals surface area (Å²) < 4.78 is 57.7. The van der Waals surface area contributed by atoms with Crippen molar-refractivity contribution in [1.82, 2.24) is 0 Å². The number of benzene rings is 2. The van der Waals surface area contributed by atoms with E-state index in [1.165, 1.54) is 0 Å². The van der Waals surface area contributed by atoms with Crippen molar-refractivity contribution < 1.29 is 27.2 Å². The summed E-state index contributed by atoms with van der Waals surface area (Å²) in [5.41, 5.74) is -0.275. The standard InChI is InChI=1S/C12H4F4INO3/c13-7-9(15)12(10(16)8(14)11(7)17)21-6-3-1-5(2-4-6)18(19)20/h1-4H. The average molecular weight is 413 g/mol. The summed E-state index contributed by atoms with van der Waals surface area (Å²) in [6.07, 6.45) is 0. The van der Waals surface area contributed by atoms with Crippen molar-refractivity contribution >= 4 is 28.3 Å². The molecule has 0 saturated carbocycles. The van der Waals surface area contributed by atoms with Crippen molar-refractivity contribution in [2.24, 2.45) is 0 Å². The highest BCUT2D eigenvalue weighted by Crippen LogP contribution is 2.34. The molecule has 9 heteroatoms. The zero-order valence-corrected chi connectivity index (χ0v) is 12.0. The largest absolute Gasteiger partial charge is 0.451 e. The molecular formula is C12H4F4INO3. The van der Waals surface area contributed by atoms with Crippen LogP contribution in [0.1, 0.15) is 0 Å². The number of rotatable bonds is 3. The fourth-order valence-corrected chi connectivity index (χ4v) is 1.90. The molecule has 0 aliphatic rings. The number of hydrogen-bond donors (Lipinski definition) is 0. The maximum Gasteiger partial charge on any atom is 0.269 e. The Bertz CT molecular complexity index is 692. The lowest BCUT2D eigenvalue weighted by molar-refractivity contribution is -0.384. The third-order valence-corrected chi connectivity index (χ3v) is 3.38. The Hall–Kier alpha value is -1.91. The normalized spacial score (nSPS) is 10.5. The smallest absolute Gasteiger partial charge is 0.269 e. The van der Waals surface area contributed by atoms with E-state index in [1.807, 2.05) is 0 Å². The van der Waals surface area contributed by atoms with Gasteiger partial charge in [-0.15, -0.1) is 0 Å². The predicted octanol–water partition coefficient (Wildman–Crippen LogP) is 4.55. The van der Waals surface area contributed by atoms with Crippen LogP contribution in [0, 0.1) is 37.0 Å². The second-order valence-electron chi connectivity index (χ2n) is 3.75. The molecule has 0 atom stereocenters. The van der Waals surface area contributed by atoms with Gasteiger partial charge in [0.15, 0.2) is 11.6 Å². The summed E-state index contributed by atoms with van der Waals surface area (Å²) in [5.74, 6) is -7.98. The van der Waals surface area contributed by atoms with E-state index in [0.717, 1.165) is 46.9 Å². The van der Waals surface area contributed by atoms with Gasteiger partial charge in [0, 0.05) is 12.1 Å². The zero-order chi connectivity index (χ0) is 15.7. The van der Waals surface area contributed by atoms with Crippen molar-refractivity contribution in [2.75, 3.05) is 0 Å². The highest BCUT2D eigenvalue weighted by Gasteiger charge is 2.25. The molecule has 0 N–H and O–H groups in total. The van der Waals surface area contributed by atoms with Crippen LogP contribution < -0.4 is 4.74 Å². The van der Waals surface area contributed by atoms with Crippen molar-refractivity contribution in [1.29, 1.82) is 0 Å². The monoisotopic (exact) mass is 413 g/mol. The summed E-state index contributed by atoms with van der Waals surface area (Å²) in [6.45, 7) is 0. The molecule has 0 aromatic heterocycles. The highest BCUT2D eigenvalue weighted by molar-refractivity contribution is 14.1. The molecule has 0 unspecified atom stereocenters. The first-order chi connectivity index (χ1) is 9.82. The molecule has 0 amide bonds. The van der Waals surface area contributed by atoms with Crippen LogP contribution in [0.4, 0.5) is 23.2 Å². The Morgan fingerprint density at radius 3 is 1.86 bits per heavy atom. The van der Waals surface area contributed by atoms with E-state index in [0.29, 0.717) is 0 Å². The topological polar surface area (TPSA) is 52.4 Å². The number of nitro groups is 1. The number of hydrogen-bond acceptors (Lipinski definition) is 3. The second kappa shape index (κ2) is 5.84. The second-order valence-corrected chi connectivity index (χ2v) is 4.83. The van der Waals surface area contributed by atoms with Crippen LogP contribution in [0.2, 0.25) is 0 Å². The van der Waals surface area contributed by atoms with Crippen LogP contribution in [0.25, 0.3) is 0 Å². The molecule has 4 nitrogen and oxygen atoms in total. The number of halogens is 5. The van der Waals surface area contributed by atoms with Gasteiger partial charge >= 0.3 is 0 Å². The Labute approximate surface area is 128 Å². The van der Waals surface area contributed by atoms with Crippen LogP contribution >= 0.6 is 22.6 Å². The van der Waals surface area contributed by atoms with E-state index < -0.39 is 37.5 Å². The number of nitro benzene ring substituents is 1. The van der Waals surface area contributed by atoms with Crippen LogP contribution in [-0.2, 0) is 0 Å². The van der Waals surface area contributed by atoms with Crippen LogP contribution in [0.3, 0.4) is 0 Å². The Balaban J connectivity index is 2.42. The van der Waals surface area contributed by atoms with Crippen LogP contribution in [-0.4, -0.2) is 4.92 Å². The lowest BCUT2D eigenvalue weighted by atomic mass is 10.2. The Morgan fingerprint density at radius 2 is 1.43 bits per heavy atom. The molecule has 0 bridgehead atoms. The maximum atomic E-state index is 13.6. The molecule has 0 saturated heterocycles. The van der Waals surface area contributed by atoms with Gasteiger partial charge in [-0.05, 0) is 34.7 Å². The summed E-state index contributed by atoms with van der Waals surface area (Å²) in [5, 5.41) is 10.5. The zero-order valence-electron chi connectivity index (χ0n) is 9.87. The first kappa shape index (κ1) is 15.5. The molecule has 0 fully saturated rings. The van der Waals surface area contributed by atoms with E-state index in [2.05, 4.69) is 0 Å². The third-order valence-electron chi connectivity index (χ3n) is 2.44. The average Bonchev–Trinajstić information content (AvgIpc) is 2.48. The fourth-order valence-electron chi connectivity index (χ4n) is 1.43. The quantitative estimate of drug-likeness (QED) is 0.185. The first-order valence-electron chi connectivity index (χ1n) is 5.26. The van der Waals surface area contributed by atoms with Crippen molar-refractivity contribution in [3.05, 3.63) is 61.2 Å². The SMILES string of the molecule is O=[N+]([O-])c1ccc(Oc2c(F)c(F)c(I)c(F)c2F)cc1. The lowest BCUT2D eigenvalue weighted by Gasteiger charge is -2.10. The van der Waals surface area contributed by atoms with Gasteiger partial charge in [-0.25, -0.2) is 8.78 Å². The van der Waals surface area contributed by atoms with E-state index in [-0.39, 0.29) is 11.4 Å². The molecular weight excluding hydrogens is 409 g/mol. The molecule has 2 aromatic carbocycles. The molecule has 0 spiro atoms. The number of non-ortho nitro benzene ring substituents is 1. The maximum absolute atomic E-state index is 13.6. The molecule has 2 rings (SSSR count). The number of ether oxygens (including phenoxy) is 1. The van der Waals surface area contributed by atoms with Gasteiger partial charge in [0.05, 0.1) is 8.49 Å². The van der Waals surface area contributed by atoms with E-state index in [1.54, 1.807) is 0 Å². The van der Waals surface area contributed by atoms with E-state index in [4.69, 9.17) is 4.74 Å². The lowest BCUT2D eigenvalue weighted by Crippen LogP contribution is -2.03.